The molecule has 0 aliphatic rings. The number of rotatable bonds is 94. The van der Waals surface area contributed by atoms with Crippen molar-refractivity contribution < 1.29 is 80.2 Å². The molecule has 0 saturated carbocycles. The van der Waals surface area contributed by atoms with Crippen LogP contribution in [-0.2, 0) is 65.4 Å². The summed E-state index contributed by atoms with van der Waals surface area (Å²) in [5.41, 5.74) is 0. The minimum Gasteiger partial charge on any atom is -0.462 e. The molecule has 3 N–H and O–H groups in total. The lowest BCUT2D eigenvalue weighted by Gasteiger charge is -2.21. The molecule has 0 amide bonds. The normalized spacial score (nSPS) is 14.2. The largest absolute Gasteiger partial charge is 0.472 e. The quantitative estimate of drug-likeness (QED) is 0.0222. The van der Waals surface area contributed by atoms with Crippen LogP contribution in [0.4, 0.5) is 0 Å². The van der Waals surface area contributed by atoms with Gasteiger partial charge in [0.05, 0.1) is 26.4 Å². The van der Waals surface area contributed by atoms with Gasteiger partial charge in [0.25, 0.3) is 0 Å². The van der Waals surface area contributed by atoms with Crippen molar-refractivity contribution in [2.75, 3.05) is 39.6 Å². The first kappa shape index (κ1) is 114. The number of aliphatic hydroxyl groups is 1. The first-order chi connectivity index (χ1) is 56.2. The van der Waals surface area contributed by atoms with E-state index in [9.17, 15) is 43.2 Å². The summed E-state index contributed by atoms with van der Waals surface area (Å²) in [7, 11) is -9.95. The molecule has 0 fully saturated rings. The van der Waals surface area contributed by atoms with E-state index in [4.69, 9.17) is 37.0 Å². The average Bonchev–Trinajstić information content (AvgIpc) is 1.24. The Bertz CT molecular complexity index is 2240. The minimum atomic E-state index is -4.97. The highest BCUT2D eigenvalue weighted by Crippen LogP contribution is 2.45. The lowest BCUT2D eigenvalue weighted by atomic mass is 9.99. The number of esters is 4. The van der Waals surface area contributed by atoms with Crippen molar-refractivity contribution in [3.63, 3.8) is 0 Å². The molecule has 0 radical (unpaired) electrons. The van der Waals surface area contributed by atoms with Gasteiger partial charge in [-0.25, -0.2) is 9.13 Å². The second-order valence-corrected chi connectivity index (χ2v) is 39.2. The third-order valence-electron chi connectivity index (χ3n) is 23.5. The smallest absolute Gasteiger partial charge is 0.462 e. The summed E-state index contributed by atoms with van der Waals surface area (Å²) in [4.78, 5) is 73.6. The second-order valence-electron chi connectivity index (χ2n) is 36.3. The summed E-state index contributed by atoms with van der Waals surface area (Å²) in [5, 5.41) is 10.7. The predicted octanol–water partition coefficient (Wildman–Crippen LogP) is 30.2. The maximum atomic E-state index is 13.2. The second kappa shape index (κ2) is 85.2. The van der Waals surface area contributed by atoms with Crippen LogP contribution in [0.5, 0.6) is 0 Å². The van der Waals surface area contributed by atoms with Crippen molar-refractivity contribution in [2.24, 2.45) is 23.7 Å². The molecule has 0 bridgehead atoms. The first-order valence-corrected chi connectivity index (χ1v) is 52.8. The van der Waals surface area contributed by atoms with Crippen LogP contribution in [0.1, 0.15) is 518 Å². The van der Waals surface area contributed by atoms with Gasteiger partial charge in [-0.1, -0.05) is 466 Å². The third kappa shape index (κ3) is 87.0. The molecule has 0 saturated heterocycles. The number of unbranched alkanes of at least 4 members (excludes halogenated alkanes) is 58. The molecule has 116 heavy (non-hydrogen) atoms. The molecular formula is C97H190O17P2. The van der Waals surface area contributed by atoms with Gasteiger partial charge in [-0.15, -0.1) is 0 Å². The average molecular weight is 1690 g/mol. The van der Waals surface area contributed by atoms with Crippen LogP contribution in [-0.4, -0.2) is 96.7 Å². The van der Waals surface area contributed by atoms with Gasteiger partial charge < -0.3 is 33.8 Å². The van der Waals surface area contributed by atoms with Crippen molar-refractivity contribution in [1.29, 1.82) is 0 Å². The summed E-state index contributed by atoms with van der Waals surface area (Å²) in [6.45, 7) is 14.5. The summed E-state index contributed by atoms with van der Waals surface area (Å²) in [5.74, 6) is 1.20. The summed E-state index contributed by atoms with van der Waals surface area (Å²) >= 11 is 0. The van der Waals surface area contributed by atoms with E-state index in [0.29, 0.717) is 25.7 Å². The van der Waals surface area contributed by atoms with Crippen molar-refractivity contribution in [1.82, 2.24) is 0 Å². The summed E-state index contributed by atoms with van der Waals surface area (Å²) in [6, 6.07) is 0. The molecule has 19 heteroatoms. The molecule has 0 spiro atoms. The predicted molar refractivity (Wildman–Crippen MR) is 483 cm³/mol. The van der Waals surface area contributed by atoms with Gasteiger partial charge in [-0.2, -0.15) is 0 Å². The van der Waals surface area contributed by atoms with Crippen molar-refractivity contribution >= 4 is 39.5 Å². The lowest BCUT2D eigenvalue weighted by molar-refractivity contribution is -0.161. The molecule has 7 atom stereocenters. The number of hydrogen-bond acceptors (Lipinski definition) is 15. The number of hydrogen-bond donors (Lipinski definition) is 3. The lowest BCUT2D eigenvalue weighted by Crippen LogP contribution is -2.30. The van der Waals surface area contributed by atoms with E-state index in [2.05, 4.69) is 55.4 Å². The molecule has 0 heterocycles. The Kier molecular flexibility index (Phi) is 83.8. The molecular weight excluding hydrogens is 1500 g/mol. The highest BCUT2D eigenvalue weighted by Gasteiger charge is 2.31. The first-order valence-electron chi connectivity index (χ1n) is 49.8. The van der Waals surface area contributed by atoms with Crippen LogP contribution in [0.3, 0.4) is 0 Å². The topological polar surface area (TPSA) is 237 Å². The number of phosphoric acid groups is 2. The Labute approximate surface area is 715 Å². The van der Waals surface area contributed by atoms with E-state index in [0.717, 1.165) is 114 Å². The van der Waals surface area contributed by atoms with Crippen LogP contribution >= 0.6 is 15.6 Å². The van der Waals surface area contributed by atoms with Crippen LogP contribution in [0.25, 0.3) is 0 Å². The van der Waals surface area contributed by atoms with E-state index in [1.165, 1.54) is 321 Å². The zero-order chi connectivity index (χ0) is 85.2. The van der Waals surface area contributed by atoms with Crippen molar-refractivity contribution in [3.8, 4) is 0 Å². The fraction of sp³-hybridized carbons (Fsp3) is 0.959. The van der Waals surface area contributed by atoms with E-state index >= 15 is 0 Å². The zero-order valence-electron chi connectivity index (χ0n) is 77.1. The van der Waals surface area contributed by atoms with E-state index in [-0.39, 0.29) is 25.7 Å². The molecule has 0 rings (SSSR count). The van der Waals surface area contributed by atoms with Gasteiger partial charge in [0.15, 0.2) is 12.2 Å². The number of carbonyl (C=O) groups is 4. The monoisotopic (exact) mass is 1690 g/mol. The van der Waals surface area contributed by atoms with Gasteiger partial charge in [0, 0.05) is 25.7 Å². The summed E-state index contributed by atoms with van der Waals surface area (Å²) < 4.78 is 69.2. The summed E-state index contributed by atoms with van der Waals surface area (Å²) in [6.07, 6.45) is 79.3. The van der Waals surface area contributed by atoms with E-state index in [1.807, 2.05) is 0 Å². The van der Waals surface area contributed by atoms with Crippen LogP contribution in [0.15, 0.2) is 0 Å². The van der Waals surface area contributed by atoms with Gasteiger partial charge in [-0.05, 0) is 49.4 Å². The molecule has 0 aliphatic heterocycles. The van der Waals surface area contributed by atoms with E-state index < -0.39 is 97.5 Å². The molecule has 17 nitrogen and oxygen atoms in total. The van der Waals surface area contributed by atoms with Gasteiger partial charge in [0.1, 0.15) is 19.3 Å². The molecule has 0 aliphatic carbocycles. The van der Waals surface area contributed by atoms with Gasteiger partial charge in [-0.3, -0.25) is 37.3 Å². The van der Waals surface area contributed by atoms with E-state index in [1.54, 1.807) is 0 Å². The van der Waals surface area contributed by atoms with Crippen molar-refractivity contribution in [2.45, 2.75) is 536 Å². The number of carbonyl (C=O) groups excluding carboxylic acids is 4. The van der Waals surface area contributed by atoms with Crippen molar-refractivity contribution in [3.05, 3.63) is 0 Å². The highest BCUT2D eigenvalue weighted by atomic mass is 31.2. The highest BCUT2D eigenvalue weighted by molar-refractivity contribution is 7.47. The van der Waals surface area contributed by atoms with Crippen LogP contribution in [0, 0.1) is 23.7 Å². The fourth-order valence-corrected chi connectivity index (χ4v) is 16.8. The Morgan fingerprint density at radius 3 is 0.612 bits per heavy atom. The Morgan fingerprint density at radius 2 is 0.414 bits per heavy atom. The number of aliphatic hydroxyl groups excluding tert-OH is 1. The van der Waals surface area contributed by atoms with Gasteiger partial charge in [0.2, 0.25) is 0 Å². The maximum absolute atomic E-state index is 13.2. The Hall–Kier alpha value is -1.94. The molecule has 0 aromatic heterocycles. The number of phosphoric ester groups is 2. The zero-order valence-corrected chi connectivity index (χ0v) is 78.9. The van der Waals surface area contributed by atoms with Crippen LogP contribution in [0.2, 0.25) is 0 Å². The molecule has 4 unspecified atom stereocenters. The third-order valence-corrected chi connectivity index (χ3v) is 25.4. The SMILES string of the molecule is CCC(C)CCCCCCCCCCCCCCCCCCCCC(=O)OC[C@H](COP(=O)(O)OC[C@@H](O)COP(=O)(O)OC[C@@H](COC(=O)CCCCCCCCCCC(C)C)OC(=O)CCCCCCCCCCCCCCCCCCCCC(C)C)OC(=O)CCCCCCCCCCCCCCCCCCCCC(C)CC. The van der Waals surface area contributed by atoms with Crippen LogP contribution < -0.4 is 0 Å². The van der Waals surface area contributed by atoms with Gasteiger partial charge >= 0.3 is 39.5 Å². The molecule has 0 aromatic rings. The minimum absolute atomic E-state index is 0.108. The maximum Gasteiger partial charge on any atom is 0.472 e. The molecule has 690 valence electrons. The Balaban J connectivity index is 5.22. The Morgan fingerprint density at radius 1 is 0.241 bits per heavy atom. The standard InChI is InChI=1S/C97H190O17P2/c1-9-89(7)75-67-59-51-42-36-30-24-18-12-15-20-26-32-38-44-53-61-69-77-94(99)107-83-92(113-96(101)79-71-64-56-46-40-34-28-22-16-13-19-25-31-37-43-52-60-68-76-90(8)10-2)85-111-115(103,104)109-81-91(98)82-110-116(105,106)112-86-93(84-108-95(100)78-70-62-54-48-47-50-58-66-74-88(5)6)114-97(102)80-72-63-55-45-39-33-27-21-14-11-17-23-29-35-41-49-57-65-73-87(3)4/h87-93,98H,9-86H2,1-8H3,(H,103,104)(H,105,106)/t89?,90?,91-,92-,93-/m1/s1. The fourth-order valence-electron chi connectivity index (χ4n) is 15.2. The molecule has 0 aromatic carbocycles. The number of ether oxygens (including phenoxy) is 4.